The number of benzene rings is 1. The van der Waals surface area contributed by atoms with Crippen molar-refractivity contribution in [3.8, 4) is 0 Å². The molecule has 0 saturated heterocycles. The summed E-state index contributed by atoms with van der Waals surface area (Å²) in [7, 11) is 1.69. The van der Waals surface area contributed by atoms with Crippen LogP contribution < -0.4 is 0 Å². The molecule has 102 valence electrons. The Hall–Kier alpha value is -0.860. The van der Waals surface area contributed by atoms with E-state index in [2.05, 4.69) is 45.9 Å². The molecule has 1 rings (SSSR count). The Balaban J connectivity index is 2.92. The molecule has 0 saturated carbocycles. The number of aryl methyl sites for hydroxylation is 2. The molecule has 0 aliphatic rings. The van der Waals surface area contributed by atoms with Gasteiger partial charge in [0, 0.05) is 13.5 Å². The number of rotatable bonds is 6. The van der Waals surface area contributed by atoms with Gasteiger partial charge < -0.3 is 9.84 Å². The summed E-state index contributed by atoms with van der Waals surface area (Å²) in [6.45, 7) is 8.31. The quantitative estimate of drug-likeness (QED) is 0.838. The van der Waals surface area contributed by atoms with E-state index in [1.165, 1.54) is 16.7 Å². The van der Waals surface area contributed by atoms with Crippen LogP contribution in [0.4, 0.5) is 0 Å². The highest BCUT2D eigenvalue weighted by Crippen LogP contribution is 2.27. The second-order valence-corrected chi connectivity index (χ2v) is 5.13. The first kappa shape index (κ1) is 15.2. The summed E-state index contributed by atoms with van der Waals surface area (Å²) in [6.07, 6.45) is 1.85. The lowest BCUT2D eigenvalue weighted by molar-refractivity contribution is -0.106. The molecule has 0 heterocycles. The summed E-state index contributed by atoms with van der Waals surface area (Å²) in [5, 5.41) is 10.5. The molecule has 2 heteroatoms. The summed E-state index contributed by atoms with van der Waals surface area (Å²) in [4.78, 5) is 0. The average molecular weight is 250 g/mol. The van der Waals surface area contributed by atoms with Gasteiger partial charge in [-0.15, -0.1) is 0 Å². The molecule has 1 N–H and O–H groups in total. The maximum atomic E-state index is 10.5. The van der Waals surface area contributed by atoms with E-state index in [9.17, 15) is 5.11 Å². The molecule has 0 spiro atoms. The van der Waals surface area contributed by atoms with E-state index in [1.807, 2.05) is 0 Å². The maximum Gasteiger partial charge on any atom is 0.0934 e. The van der Waals surface area contributed by atoms with Gasteiger partial charge in [-0.25, -0.2) is 0 Å². The van der Waals surface area contributed by atoms with E-state index in [0.29, 0.717) is 6.42 Å². The fourth-order valence-corrected chi connectivity index (χ4v) is 2.56. The second-order valence-electron chi connectivity index (χ2n) is 5.13. The van der Waals surface area contributed by atoms with Gasteiger partial charge in [-0.05, 0) is 37.8 Å². The van der Waals surface area contributed by atoms with Crippen LogP contribution in [0.1, 0.15) is 43.4 Å². The summed E-state index contributed by atoms with van der Waals surface area (Å²) in [5.74, 6) is 0. The second kappa shape index (κ2) is 6.35. The van der Waals surface area contributed by atoms with Gasteiger partial charge in [-0.1, -0.05) is 37.6 Å². The highest BCUT2D eigenvalue weighted by atomic mass is 16.5. The number of hydrogen-bond acceptors (Lipinski definition) is 2. The molecule has 18 heavy (non-hydrogen) atoms. The van der Waals surface area contributed by atoms with Crippen LogP contribution in [0.3, 0.4) is 0 Å². The molecule has 1 aromatic carbocycles. The van der Waals surface area contributed by atoms with Gasteiger partial charge in [-0.3, -0.25) is 0 Å². The number of aliphatic hydroxyl groups excluding tert-OH is 1. The zero-order chi connectivity index (χ0) is 13.8. The molecular weight excluding hydrogens is 224 g/mol. The van der Waals surface area contributed by atoms with Crippen molar-refractivity contribution in [2.24, 2.45) is 0 Å². The third-order valence-corrected chi connectivity index (χ3v) is 4.13. The topological polar surface area (TPSA) is 29.5 Å². The van der Waals surface area contributed by atoms with Crippen LogP contribution in [0.2, 0.25) is 0 Å². The van der Waals surface area contributed by atoms with Gasteiger partial charge in [0.2, 0.25) is 0 Å². The first-order chi connectivity index (χ1) is 8.49. The Kier molecular flexibility index (Phi) is 5.36. The Labute approximate surface area is 111 Å². The molecule has 0 amide bonds. The van der Waals surface area contributed by atoms with Gasteiger partial charge in [0.25, 0.3) is 0 Å². The third-order valence-electron chi connectivity index (χ3n) is 4.13. The minimum Gasteiger partial charge on any atom is -0.390 e. The van der Waals surface area contributed by atoms with Gasteiger partial charge in [0.1, 0.15) is 0 Å². The number of aliphatic hydroxyl groups is 1. The molecule has 0 fully saturated rings. The lowest BCUT2D eigenvalue weighted by Gasteiger charge is -2.35. The number of hydrogen-bond donors (Lipinski definition) is 1. The van der Waals surface area contributed by atoms with E-state index in [0.717, 1.165) is 12.8 Å². The largest absolute Gasteiger partial charge is 0.390 e. The van der Waals surface area contributed by atoms with Crippen LogP contribution >= 0.6 is 0 Å². The van der Waals surface area contributed by atoms with Crippen LogP contribution in [0, 0.1) is 13.8 Å². The van der Waals surface area contributed by atoms with Crippen LogP contribution in [0.5, 0.6) is 0 Å². The van der Waals surface area contributed by atoms with Crippen molar-refractivity contribution in [1.82, 2.24) is 0 Å². The highest BCUT2D eigenvalue weighted by molar-refractivity contribution is 5.31. The van der Waals surface area contributed by atoms with Crippen LogP contribution in [0.15, 0.2) is 18.2 Å². The summed E-state index contributed by atoms with van der Waals surface area (Å²) in [6, 6.07) is 6.38. The van der Waals surface area contributed by atoms with E-state index < -0.39 is 11.7 Å². The van der Waals surface area contributed by atoms with Gasteiger partial charge in [0.15, 0.2) is 0 Å². The monoisotopic (exact) mass is 250 g/mol. The van der Waals surface area contributed by atoms with E-state index >= 15 is 0 Å². The van der Waals surface area contributed by atoms with Crippen molar-refractivity contribution < 1.29 is 9.84 Å². The Morgan fingerprint density at radius 3 is 2.33 bits per heavy atom. The fraction of sp³-hybridized carbons (Fsp3) is 0.625. The maximum absolute atomic E-state index is 10.5. The first-order valence-corrected chi connectivity index (χ1v) is 6.78. The zero-order valence-electron chi connectivity index (χ0n) is 12.3. The zero-order valence-corrected chi connectivity index (χ0v) is 12.3. The standard InChI is InChI=1S/C16H26O2/c1-6-16(7-2,18-5)15(17)11-14-10-12(3)8-9-13(14)4/h8-10,15,17H,6-7,11H2,1-5H3. The molecule has 0 aliphatic carbocycles. The van der Waals surface area contributed by atoms with E-state index in [1.54, 1.807) is 7.11 Å². The molecule has 1 aromatic rings. The molecule has 0 bridgehead atoms. The third kappa shape index (κ3) is 3.12. The normalized spacial score (nSPS) is 13.7. The molecule has 0 aromatic heterocycles. The van der Waals surface area contributed by atoms with Crippen molar-refractivity contribution in [3.05, 3.63) is 34.9 Å². The number of methoxy groups -OCH3 is 1. The van der Waals surface area contributed by atoms with Crippen molar-refractivity contribution in [3.63, 3.8) is 0 Å². The molecule has 0 aliphatic heterocycles. The smallest absolute Gasteiger partial charge is 0.0934 e. The van der Waals surface area contributed by atoms with Crippen molar-refractivity contribution in [1.29, 1.82) is 0 Å². The van der Waals surface area contributed by atoms with Crippen molar-refractivity contribution >= 4 is 0 Å². The molecule has 0 radical (unpaired) electrons. The SMILES string of the molecule is CCC(CC)(OC)C(O)Cc1cc(C)ccc1C. The molecular formula is C16H26O2. The first-order valence-electron chi connectivity index (χ1n) is 6.78. The molecule has 2 nitrogen and oxygen atoms in total. The minimum absolute atomic E-state index is 0.420. The Morgan fingerprint density at radius 1 is 1.22 bits per heavy atom. The highest BCUT2D eigenvalue weighted by Gasteiger charge is 2.34. The lowest BCUT2D eigenvalue weighted by Crippen LogP contribution is -2.44. The Morgan fingerprint density at radius 2 is 1.83 bits per heavy atom. The van der Waals surface area contributed by atoms with Crippen molar-refractivity contribution in [2.45, 2.75) is 58.7 Å². The Bertz CT molecular complexity index is 372. The van der Waals surface area contributed by atoms with Gasteiger partial charge >= 0.3 is 0 Å². The van der Waals surface area contributed by atoms with Crippen LogP contribution in [-0.4, -0.2) is 23.9 Å². The van der Waals surface area contributed by atoms with Crippen LogP contribution in [0.25, 0.3) is 0 Å². The minimum atomic E-state index is -0.460. The van der Waals surface area contributed by atoms with E-state index in [-0.39, 0.29) is 0 Å². The summed E-state index contributed by atoms with van der Waals surface area (Å²) < 4.78 is 5.59. The lowest BCUT2D eigenvalue weighted by atomic mass is 9.85. The van der Waals surface area contributed by atoms with Gasteiger partial charge in [-0.2, -0.15) is 0 Å². The van der Waals surface area contributed by atoms with Gasteiger partial charge in [0.05, 0.1) is 11.7 Å². The number of ether oxygens (including phenoxy) is 1. The van der Waals surface area contributed by atoms with Crippen molar-refractivity contribution in [2.75, 3.05) is 7.11 Å². The summed E-state index contributed by atoms with van der Waals surface area (Å²) >= 11 is 0. The predicted octanol–water partition coefficient (Wildman–Crippen LogP) is 3.41. The predicted molar refractivity (Wildman–Crippen MR) is 75.9 cm³/mol. The summed E-state index contributed by atoms with van der Waals surface area (Å²) in [5.41, 5.74) is 3.26. The molecule has 1 unspecified atom stereocenters. The van der Waals surface area contributed by atoms with Crippen LogP contribution in [-0.2, 0) is 11.2 Å². The molecule has 1 atom stereocenters. The average Bonchev–Trinajstić information content (AvgIpc) is 2.37. The fourth-order valence-electron chi connectivity index (χ4n) is 2.56. The van der Waals surface area contributed by atoms with E-state index in [4.69, 9.17) is 4.74 Å².